The molecule has 3 atom stereocenters. The van der Waals surface area contributed by atoms with Gasteiger partial charge in [-0.1, -0.05) is 32.9 Å². The molecule has 4 aromatic rings. The summed E-state index contributed by atoms with van der Waals surface area (Å²) in [5, 5.41) is 9.88. The van der Waals surface area contributed by atoms with Gasteiger partial charge in [0.05, 0.1) is 17.0 Å². The zero-order valence-corrected chi connectivity index (χ0v) is 30.7. The summed E-state index contributed by atoms with van der Waals surface area (Å²) in [4.78, 5) is 52.1. The van der Waals surface area contributed by atoms with Crippen molar-refractivity contribution >= 4 is 34.4 Å². The van der Waals surface area contributed by atoms with Crippen LogP contribution in [0.4, 0.5) is 14.5 Å². The largest absolute Gasteiger partial charge is 0.372 e. The Morgan fingerprint density at radius 3 is 2.42 bits per heavy atom. The first-order chi connectivity index (χ1) is 25.6. The van der Waals surface area contributed by atoms with Crippen LogP contribution in [0.3, 0.4) is 0 Å². The summed E-state index contributed by atoms with van der Waals surface area (Å²) in [5.74, 6) is -2.85. The molecule has 5 aliphatic rings. The number of nitrogens with one attached hydrogen (secondary N) is 3. The van der Waals surface area contributed by atoms with Crippen LogP contribution in [0.25, 0.3) is 22.6 Å². The van der Waals surface area contributed by atoms with Crippen molar-refractivity contribution in [2.45, 2.75) is 71.1 Å². The molecule has 0 bridgehead atoms. The van der Waals surface area contributed by atoms with Crippen LogP contribution in [0.2, 0.25) is 0 Å². The number of H-pyrrole nitrogens is 2. The molecule has 3 N–H and O–H groups in total. The van der Waals surface area contributed by atoms with Gasteiger partial charge in [0.15, 0.2) is 5.82 Å². The van der Waals surface area contributed by atoms with Gasteiger partial charge in [-0.15, -0.1) is 0 Å². The maximum atomic E-state index is 14.5. The summed E-state index contributed by atoms with van der Waals surface area (Å²) in [6.07, 6.45) is 3.71. The smallest absolute Gasteiger partial charge is 0.258 e. The summed E-state index contributed by atoms with van der Waals surface area (Å²) >= 11 is 0. The number of aromatic amines is 2. The molecule has 11 nitrogen and oxygen atoms in total. The zero-order chi connectivity index (χ0) is 37.1. The number of fused-ring (bicyclic) bond motifs is 3. The van der Waals surface area contributed by atoms with E-state index in [9.17, 15) is 23.2 Å². The van der Waals surface area contributed by atoms with Crippen molar-refractivity contribution in [1.82, 2.24) is 35.3 Å². The van der Waals surface area contributed by atoms with Gasteiger partial charge in [0, 0.05) is 92.5 Å². The highest BCUT2D eigenvalue weighted by Gasteiger charge is 2.78. The van der Waals surface area contributed by atoms with E-state index in [1.165, 1.54) is 5.69 Å². The zero-order valence-electron chi connectivity index (χ0n) is 30.7. The number of halogens is 2. The van der Waals surface area contributed by atoms with Crippen LogP contribution in [-0.4, -0.2) is 99.4 Å². The number of carbonyl (C=O) groups excluding carboxylic acids is 3. The first kappa shape index (κ1) is 35.4. The highest BCUT2D eigenvalue weighted by molar-refractivity contribution is 6.01. The van der Waals surface area contributed by atoms with E-state index in [2.05, 4.69) is 42.4 Å². The van der Waals surface area contributed by atoms with Crippen LogP contribution in [0.15, 0.2) is 42.5 Å². The second-order valence-corrected chi connectivity index (χ2v) is 15.4. The molecule has 2 aromatic carbocycles. The van der Waals surface area contributed by atoms with Gasteiger partial charge in [0.1, 0.15) is 5.69 Å². The van der Waals surface area contributed by atoms with Crippen LogP contribution in [-0.2, 0) is 22.4 Å². The number of rotatable bonds is 6. The van der Waals surface area contributed by atoms with Gasteiger partial charge in [-0.3, -0.25) is 29.7 Å². The second-order valence-electron chi connectivity index (χ2n) is 15.4. The Morgan fingerprint density at radius 1 is 0.962 bits per heavy atom. The number of aromatic nitrogens is 4. The Kier molecular flexibility index (Phi) is 9.11. The number of imide groups is 1. The summed E-state index contributed by atoms with van der Waals surface area (Å²) in [7, 11) is 0. The molecular formula is C40H48F2N8O3. The van der Waals surface area contributed by atoms with Gasteiger partial charge >= 0.3 is 0 Å². The minimum Gasteiger partial charge on any atom is -0.372 e. The predicted octanol–water partition coefficient (Wildman–Crippen LogP) is 5.54. The third-order valence-electron chi connectivity index (χ3n) is 12.4. The van der Waals surface area contributed by atoms with Crippen LogP contribution >= 0.6 is 0 Å². The number of anilines is 1. The molecular weight excluding hydrogens is 678 g/mol. The fourth-order valence-electron chi connectivity index (χ4n) is 9.04. The number of nitrogens with zero attached hydrogens (tertiary/aromatic N) is 5. The number of amides is 3. The minimum atomic E-state index is -2.66. The molecule has 3 aliphatic heterocycles. The summed E-state index contributed by atoms with van der Waals surface area (Å²) < 4.78 is 28.9. The van der Waals surface area contributed by atoms with Gasteiger partial charge in [-0.25, -0.2) is 13.8 Å². The van der Waals surface area contributed by atoms with Crippen LogP contribution in [0.5, 0.6) is 0 Å². The molecule has 0 spiro atoms. The second kappa shape index (κ2) is 13.6. The lowest BCUT2D eigenvalue weighted by Gasteiger charge is -2.39. The predicted molar refractivity (Wildman–Crippen MR) is 198 cm³/mol. The molecule has 5 heterocycles. The quantitative estimate of drug-likeness (QED) is 0.223. The number of alkyl halides is 2. The van der Waals surface area contributed by atoms with Crippen LogP contribution in [0, 0.1) is 17.3 Å². The van der Waals surface area contributed by atoms with E-state index in [0.717, 1.165) is 67.9 Å². The van der Waals surface area contributed by atoms with E-state index < -0.39 is 17.3 Å². The van der Waals surface area contributed by atoms with Crippen molar-refractivity contribution in [3.05, 3.63) is 64.8 Å². The molecule has 2 aliphatic carbocycles. The van der Waals surface area contributed by atoms with Crippen LogP contribution in [0.1, 0.15) is 79.6 Å². The SMILES string of the molecule is CC.CC12Cc3[nH]nc(-c4nc5ccc(C(=O)N6CCN(CC7CCN(c8ccc(C9CCC(=O)NC9=O)cc8)CC7)CC6)cc5[nH]4)c3C[C@@H]1C2(F)F. The van der Waals surface area contributed by atoms with Gasteiger partial charge < -0.3 is 14.8 Å². The highest BCUT2D eigenvalue weighted by atomic mass is 19.3. The van der Waals surface area contributed by atoms with E-state index in [1.54, 1.807) is 6.92 Å². The molecule has 1 saturated carbocycles. The average molecular weight is 727 g/mol. The molecule has 2 aromatic heterocycles. The molecule has 53 heavy (non-hydrogen) atoms. The molecule has 3 amide bonds. The number of hydrogen-bond acceptors (Lipinski definition) is 7. The number of carbonyl (C=O) groups is 3. The first-order valence-corrected chi connectivity index (χ1v) is 19.2. The first-order valence-electron chi connectivity index (χ1n) is 19.2. The van der Waals surface area contributed by atoms with E-state index >= 15 is 0 Å². The third-order valence-corrected chi connectivity index (χ3v) is 12.4. The minimum absolute atomic E-state index is 0.00275. The topological polar surface area (TPSA) is 130 Å². The van der Waals surface area contributed by atoms with Gasteiger partial charge in [0.25, 0.3) is 11.8 Å². The fraction of sp³-hybridized carbons (Fsp3) is 0.525. The molecule has 3 saturated heterocycles. The van der Waals surface area contributed by atoms with Gasteiger partial charge in [0.2, 0.25) is 11.8 Å². The van der Waals surface area contributed by atoms with E-state index in [0.29, 0.717) is 54.4 Å². The number of piperidine rings is 2. The Morgan fingerprint density at radius 2 is 1.70 bits per heavy atom. The number of piperazine rings is 1. The van der Waals surface area contributed by atoms with Crippen LogP contribution < -0.4 is 10.2 Å². The molecule has 4 fully saturated rings. The van der Waals surface area contributed by atoms with Crippen molar-refractivity contribution in [2.24, 2.45) is 17.3 Å². The van der Waals surface area contributed by atoms with E-state index in [4.69, 9.17) is 4.98 Å². The normalized spacial score (nSPS) is 25.7. The number of benzene rings is 2. The lowest BCUT2D eigenvalue weighted by molar-refractivity contribution is -0.134. The van der Waals surface area contributed by atoms with E-state index in [1.807, 2.05) is 49.1 Å². The molecule has 0 radical (unpaired) electrons. The summed E-state index contributed by atoms with van der Waals surface area (Å²) in [5.41, 5.74) is 5.32. The van der Waals surface area contributed by atoms with Gasteiger partial charge in [-0.2, -0.15) is 5.10 Å². The molecule has 9 rings (SSSR count). The molecule has 2 unspecified atom stereocenters. The van der Waals surface area contributed by atoms with Crippen molar-refractivity contribution in [3.8, 4) is 11.5 Å². The Labute approximate surface area is 307 Å². The highest BCUT2D eigenvalue weighted by Crippen LogP contribution is 2.70. The molecule has 280 valence electrons. The lowest BCUT2D eigenvalue weighted by atomic mass is 9.87. The third kappa shape index (κ3) is 6.30. The maximum absolute atomic E-state index is 14.5. The standard InChI is InChI=1S/C38H42F2N8O3.C2H6/c1-37-20-30-27(19-31(37)38(37,39)40)33(45-44-30)34-41-28-8-4-24(18-29(28)42-34)36(51)48-16-14-46(15-17-48)21-22-10-12-47(13-11-22)25-5-2-23(3-6-25)26-7-9-32(49)43-35(26)50;1-2/h2-6,8,18,22,26,31H,7,9-17,19-21H2,1H3,(H,41,42)(H,44,45)(H,43,49,50);1-2H3/t26?,31-,37?;/m0./s1. The lowest BCUT2D eigenvalue weighted by Crippen LogP contribution is -2.50. The number of hydrogen-bond donors (Lipinski definition) is 3. The van der Waals surface area contributed by atoms with Crippen molar-refractivity contribution in [3.63, 3.8) is 0 Å². The monoisotopic (exact) mass is 726 g/mol. The number of imidazole rings is 1. The van der Waals surface area contributed by atoms with Crippen molar-refractivity contribution < 1.29 is 23.2 Å². The average Bonchev–Trinajstić information content (AvgIpc) is 3.55. The summed E-state index contributed by atoms with van der Waals surface area (Å²) in [6, 6.07) is 13.7. The maximum Gasteiger partial charge on any atom is 0.258 e. The van der Waals surface area contributed by atoms with Crippen molar-refractivity contribution in [2.75, 3.05) is 50.7 Å². The molecule has 13 heteroatoms. The summed E-state index contributed by atoms with van der Waals surface area (Å²) in [6.45, 7) is 11.7. The Hall–Kier alpha value is -4.65. The van der Waals surface area contributed by atoms with Gasteiger partial charge in [-0.05, 0) is 67.5 Å². The van der Waals surface area contributed by atoms with Crippen molar-refractivity contribution in [1.29, 1.82) is 0 Å². The Balaban J connectivity index is 0.00000197. The van der Waals surface area contributed by atoms with E-state index in [-0.39, 0.29) is 36.5 Å². The Bertz CT molecular complexity index is 2030. The fourth-order valence-corrected chi connectivity index (χ4v) is 9.04.